The fourth-order valence-electron chi connectivity index (χ4n) is 3.31. The van der Waals surface area contributed by atoms with Crippen molar-refractivity contribution >= 4 is 46.0 Å². The fourth-order valence-corrected chi connectivity index (χ4v) is 4.54. The molecule has 3 aromatic rings. The average Bonchev–Trinajstić information content (AvgIpc) is 3.35. The molecule has 1 aliphatic heterocycles. The summed E-state index contributed by atoms with van der Waals surface area (Å²) in [5, 5.41) is 12.9. The molecule has 0 N–H and O–H groups in total. The maximum atomic E-state index is 13.0. The topological polar surface area (TPSA) is 81.5 Å². The molecular weight excluding hydrogens is 422 g/mol. The third-order valence-corrected chi connectivity index (χ3v) is 6.01. The van der Waals surface area contributed by atoms with Gasteiger partial charge in [0.15, 0.2) is 4.32 Å². The van der Waals surface area contributed by atoms with Crippen molar-refractivity contribution < 1.29 is 14.1 Å². The highest BCUT2D eigenvalue weighted by Crippen LogP contribution is 2.35. The first kappa shape index (κ1) is 20.1. The molecule has 0 spiro atoms. The van der Waals surface area contributed by atoms with Crippen molar-refractivity contribution in [2.45, 2.75) is 20.8 Å². The Morgan fingerprint density at radius 1 is 1.10 bits per heavy atom. The molecule has 0 saturated carbocycles. The van der Waals surface area contributed by atoms with E-state index in [0.717, 1.165) is 17.0 Å². The highest BCUT2D eigenvalue weighted by Gasteiger charge is 2.35. The molecule has 0 radical (unpaired) electrons. The number of furan rings is 1. The van der Waals surface area contributed by atoms with Crippen molar-refractivity contribution in [3.05, 3.63) is 80.2 Å². The Labute approximate surface area is 182 Å². The molecule has 0 bridgehead atoms. The summed E-state index contributed by atoms with van der Waals surface area (Å²) in [6.45, 7) is 5.60. The minimum absolute atomic E-state index is 0.0271. The van der Waals surface area contributed by atoms with Gasteiger partial charge in [-0.05, 0) is 68.9 Å². The molecule has 0 atom stereocenters. The van der Waals surface area contributed by atoms with Gasteiger partial charge in [0.1, 0.15) is 11.5 Å². The zero-order chi connectivity index (χ0) is 21.6. The predicted octanol–water partition coefficient (Wildman–Crippen LogP) is 5.12. The van der Waals surface area contributed by atoms with Gasteiger partial charge >= 0.3 is 0 Å². The normalized spacial score (nSPS) is 15.4. The lowest BCUT2D eigenvalue weighted by Crippen LogP contribution is -2.39. The van der Waals surface area contributed by atoms with Crippen molar-refractivity contribution in [1.29, 1.82) is 0 Å². The highest BCUT2D eigenvalue weighted by atomic mass is 32.2. The number of hydrogen-bond acceptors (Lipinski definition) is 6. The molecule has 152 valence electrons. The van der Waals surface area contributed by atoms with E-state index in [1.54, 1.807) is 41.9 Å². The number of thiocarbonyl (C=S) groups is 1. The fraction of sp³-hybridized carbons (Fsp3) is 0.143. The Balaban J connectivity index is 1.67. The Bertz CT molecular complexity index is 1220. The van der Waals surface area contributed by atoms with E-state index in [9.17, 15) is 14.9 Å². The van der Waals surface area contributed by atoms with E-state index in [0.29, 0.717) is 26.3 Å². The van der Waals surface area contributed by atoms with Crippen LogP contribution in [0, 0.1) is 30.9 Å². The molecule has 1 saturated heterocycles. The molecule has 9 heteroatoms. The number of nitrogens with zero attached hydrogens (tertiary/aromatic N) is 3. The number of carbonyl (C=O) groups excluding carboxylic acids is 1. The first-order valence-electron chi connectivity index (χ1n) is 9.04. The van der Waals surface area contributed by atoms with Crippen LogP contribution in [0.2, 0.25) is 0 Å². The molecule has 0 unspecified atom stereocenters. The highest BCUT2D eigenvalue weighted by molar-refractivity contribution is 8.27. The Morgan fingerprint density at radius 3 is 2.47 bits per heavy atom. The molecular formula is C21H17N3O4S2. The van der Waals surface area contributed by atoms with Gasteiger partial charge in [-0.15, -0.1) is 0 Å². The Morgan fingerprint density at radius 2 is 1.80 bits per heavy atom. The lowest BCUT2D eigenvalue weighted by molar-refractivity contribution is -0.384. The van der Waals surface area contributed by atoms with E-state index in [4.69, 9.17) is 16.6 Å². The number of thioether (sulfide) groups is 1. The smallest absolute Gasteiger partial charge is 0.285 e. The molecule has 30 heavy (non-hydrogen) atoms. The van der Waals surface area contributed by atoms with Crippen LogP contribution in [0.3, 0.4) is 0 Å². The largest absolute Gasteiger partial charge is 0.456 e. The molecule has 4 rings (SSSR count). The Kier molecular flexibility index (Phi) is 5.08. The van der Waals surface area contributed by atoms with E-state index < -0.39 is 4.92 Å². The number of hydrogen-bond donors (Lipinski definition) is 0. The van der Waals surface area contributed by atoms with E-state index in [1.165, 1.54) is 22.8 Å². The molecule has 1 aliphatic rings. The third kappa shape index (κ3) is 3.46. The standard InChI is InChI=1S/C21H17N3O4S2/c1-12-4-8-16(17(10-12)24(26)27)18-9-7-15(28-18)11-19-20(25)23(21(29)30-19)22-13(2)5-6-14(22)3/h4-11H,1-3H3/b19-11+. The predicted molar refractivity (Wildman–Crippen MR) is 121 cm³/mol. The van der Waals surface area contributed by atoms with Crippen molar-refractivity contribution in [1.82, 2.24) is 4.68 Å². The minimum Gasteiger partial charge on any atom is -0.456 e. The van der Waals surface area contributed by atoms with Crippen LogP contribution in [-0.4, -0.2) is 19.8 Å². The summed E-state index contributed by atoms with van der Waals surface area (Å²) in [6, 6.07) is 12.1. The van der Waals surface area contributed by atoms with Crippen LogP contribution >= 0.6 is 24.0 Å². The molecule has 3 heterocycles. The van der Waals surface area contributed by atoms with Crippen LogP contribution in [0.5, 0.6) is 0 Å². The number of carbonyl (C=O) groups is 1. The number of rotatable bonds is 4. The zero-order valence-electron chi connectivity index (χ0n) is 16.4. The second kappa shape index (κ2) is 7.58. The molecule has 7 nitrogen and oxygen atoms in total. The second-order valence-corrected chi connectivity index (χ2v) is 8.58. The van der Waals surface area contributed by atoms with Gasteiger partial charge in [0.25, 0.3) is 11.6 Å². The molecule has 1 aromatic carbocycles. The van der Waals surface area contributed by atoms with E-state index in [2.05, 4.69) is 0 Å². The van der Waals surface area contributed by atoms with Crippen LogP contribution < -0.4 is 5.01 Å². The van der Waals surface area contributed by atoms with Crippen LogP contribution in [0.1, 0.15) is 22.7 Å². The summed E-state index contributed by atoms with van der Waals surface area (Å²) in [5.74, 6) is 0.536. The van der Waals surface area contributed by atoms with E-state index in [1.807, 2.05) is 26.0 Å². The first-order chi connectivity index (χ1) is 14.3. The quantitative estimate of drug-likeness (QED) is 0.243. The van der Waals surface area contributed by atoms with Gasteiger partial charge in [0.05, 0.1) is 15.4 Å². The van der Waals surface area contributed by atoms with Crippen molar-refractivity contribution in [2.75, 3.05) is 5.01 Å². The van der Waals surface area contributed by atoms with Crippen LogP contribution in [-0.2, 0) is 4.79 Å². The first-order valence-corrected chi connectivity index (χ1v) is 10.3. The second-order valence-electron chi connectivity index (χ2n) is 6.90. The lowest BCUT2D eigenvalue weighted by Gasteiger charge is -2.20. The number of aromatic nitrogens is 1. The minimum atomic E-state index is -0.433. The molecule has 2 aromatic heterocycles. The number of aryl methyl sites for hydroxylation is 3. The van der Waals surface area contributed by atoms with Gasteiger partial charge in [0, 0.05) is 23.5 Å². The Hall–Kier alpha value is -3.17. The van der Waals surface area contributed by atoms with Crippen LogP contribution in [0.25, 0.3) is 17.4 Å². The van der Waals surface area contributed by atoms with Crippen molar-refractivity contribution in [3.63, 3.8) is 0 Å². The molecule has 1 amide bonds. The van der Waals surface area contributed by atoms with Gasteiger partial charge < -0.3 is 4.42 Å². The summed E-state index contributed by atoms with van der Waals surface area (Å²) < 4.78 is 8.01. The summed E-state index contributed by atoms with van der Waals surface area (Å²) >= 11 is 6.61. The van der Waals surface area contributed by atoms with Crippen molar-refractivity contribution in [2.24, 2.45) is 0 Å². The summed E-state index contributed by atoms with van der Waals surface area (Å²) in [6.07, 6.45) is 1.61. The van der Waals surface area contributed by atoms with Gasteiger partial charge in [0.2, 0.25) is 0 Å². The molecule has 0 aliphatic carbocycles. The van der Waals surface area contributed by atoms with Gasteiger partial charge in [-0.25, -0.2) is 0 Å². The maximum Gasteiger partial charge on any atom is 0.285 e. The van der Waals surface area contributed by atoms with E-state index >= 15 is 0 Å². The van der Waals surface area contributed by atoms with Gasteiger partial charge in [-0.2, -0.15) is 5.01 Å². The number of nitro groups is 1. The number of nitro benzene ring substituents is 1. The third-order valence-electron chi connectivity index (χ3n) is 4.72. The van der Waals surface area contributed by atoms with Crippen LogP contribution in [0.15, 0.2) is 51.8 Å². The zero-order valence-corrected chi connectivity index (χ0v) is 18.0. The number of benzene rings is 1. The maximum absolute atomic E-state index is 13.0. The lowest BCUT2D eigenvalue weighted by atomic mass is 10.1. The molecule has 1 fully saturated rings. The van der Waals surface area contributed by atoms with Crippen molar-refractivity contribution in [3.8, 4) is 11.3 Å². The van der Waals surface area contributed by atoms with Crippen LogP contribution in [0.4, 0.5) is 5.69 Å². The summed E-state index contributed by atoms with van der Waals surface area (Å²) in [4.78, 5) is 24.4. The number of amides is 1. The average molecular weight is 440 g/mol. The monoisotopic (exact) mass is 439 g/mol. The van der Waals surface area contributed by atoms with Gasteiger partial charge in [-0.1, -0.05) is 17.8 Å². The van der Waals surface area contributed by atoms with E-state index in [-0.39, 0.29) is 11.6 Å². The summed E-state index contributed by atoms with van der Waals surface area (Å²) in [7, 11) is 0. The summed E-state index contributed by atoms with van der Waals surface area (Å²) in [5.41, 5.74) is 2.95. The SMILES string of the molecule is Cc1ccc(-c2ccc(/C=C3/SC(=S)N(n4c(C)ccc4C)C3=O)o2)c([N+](=O)[O-])c1. The van der Waals surface area contributed by atoms with Gasteiger partial charge in [-0.3, -0.25) is 19.6 Å².